The lowest BCUT2D eigenvalue weighted by atomic mass is 10.0. The van der Waals surface area contributed by atoms with Crippen LogP contribution in [0.15, 0.2) is 231 Å². The molecule has 0 radical (unpaired) electrons. The minimum atomic E-state index is 0.972. The predicted octanol–water partition coefficient (Wildman–Crippen LogP) is 15.1. The molecule has 2 aliphatic carbocycles. The lowest BCUT2D eigenvalue weighted by Gasteiger charge is -2.27. The van der Waals surface area contributed by atoms with Crippen LogP contribution < -0.4 is 9.80 Å². The molecule has 2 nitrogen and oxygen atoms in total. The van der Waals surface area contributed by atoms with E-state index in [2.05, 4.69) is 204 Å². The van der Waals surface area contributed by atoms with E-state index >= 15 is 0 Å². The topological polar surface area (TPSA) is 6.48 Å². The Hall–Kier alpha value is -7.42. The van der Waals surface area contributed by atoms with E-state index < -0.39 is 0 Å². The zero-order valence-electron chi connectivity index (χ0n) is 32.2. The van der Waals surface area contributed by atoms with Gasteiger partial charge in [-0.05, 0) is 141 Å². The monoisotopic (exact) mass is 742 g/mol. The summed E-state index contributed by atoms with van der Waals surface area (Å²) in [6.07, 6.45) is 1.94. The molecule has 276 valence electrons. The Balaban J connectivity index is 0.000000626. The minimum Gasteiger partial charge on any atom is -0.310 e. The highest BCUT2D eigenvalue weighted by Crippen LogP contribution is 2.44. The van der Waals surface area contributed by atoms with Crippen LogP contribution >= 0.6 is 0 Å². The molecule has 9 aromatic rings. The van der Waals surface area contributed by atoms with Gasteiger partial charge < -0.3 is 9.80 Å². The normalized spacial score (nSPS) is 11.7. The fraction of sp³-hybridized carbons (Fsp3) is 0.0357. The van der Waals surface area contributed by atoms with Gasteiger partial charge in [0, 0.05) is 34.1 Å². The molecule has 0 saturated carbocycles. The molecular formula is C56H42N2. The van der Waals surface area contributed by atoms with Crippen molar-refractivity contribution in [3.05, 3.63) is 253 Å². The van der Waals surface area contributed by atoms with E-state index in [1.54, 1.807) is 0 Å². The van der Waals surface area contributed by atoms with Gasteiger partial charge in [0.1, 0.15) is 0 Å². The lowest BCUT2D eigenvalue weighted by Crippen LogP contribution is -2.10. The highest BCUT2D eigenvalue weighted by Gasteiger charge is 2.22. The van der Waals surface area contributed by atoms with Crippen LogP contribution in [0, 0.1) is 0 Å². The van der Waals surface area contributed by atoms with Crippen molar-refractivity contribution in [2.45, 2.75) is 12.8 Å². The maximum Gasteiger partial charge on any atom is 0.0464 e. The summed E-state index contributed by atoms with van der Waals surface area (Å²) in [6, 6.07) is 82.7. The average Bonchev–Trinajstić information content (AvgIpc) is 3.86. The van der Waals surface area contributed by atoms with Crippen molar-refractivity contribution >= 4 is 34.1 Å². The molecule has 0 atom stereocenters. The van der Waals surface area contributed by atoms with Crippen LogP contribution in [-0.2, 0) is 12.8 Å². The van der Waals surface area contributed by atoms with Gasteiger partial charge in [0.15, 0.2) is 0 Å². The van der Waals surface area contributed by atoms with Crippen molar-refractivity contribution in [2.75, 3.05) is 9.80 Å². The molecule has 0 heterocycles. The number of anilines is 6. The Morgan fingerprint density at radius 1 is 0.224 bits per heavy atom. The number of benzene rings is 9. The summed E-state index contributed by atoms with van der Waals surface area (Å²) in [6.45, 7) is 0. The molecule has 0 bridgehead atoms. The summed E-state index contributed by atoms with van der Waals surface area (Å²) >= 11 is 0. The van der Waals surface area contributed by atoms with Gasteiger partial charge in [-0.15, -0.1) is 0 Å². The zero-order valence-corrected chi connectivity index (χ0v) is 32.2. The van der Waals surface area contributed by atoms with Crippen LogP contribution in [0.1, 0.15) is 22.3 Å². The number of nitrogens with zero attached hydrogens (tertiary/aromatic N) is 2. The van der Waals surface area contributed by atoms with Crippen LogP contribution in [0.5, 0.6) is 0 Å². The molecule has 2 aliphatic rings. The molecule has 0 N–H and O–H groups in total. The first-order chi connectivity index (χ1) is 28.8. The SMILES string of the molecule is c1ccc(N(c2ccc(-c3ccc(N(c4ccccc4)c4ccc5c(c4)Cc4ccccc4-5)cc3)cc2)c2ccc3c(c2)Cc2ccccc2-3)cc1.c1ccccc1. The van der Waals surface area contributed by atoms with Gasteiger partial charge in [-0.3, -0.25) is 0 Å². The molecule has 0 spiro atoms. The Bertz CT molecular complexity index is 2600. The molecular weight excluding hydrogens is 701 g/mol. The van der Waals surface area contributed by atoms with Gasteiger partial charge >= 0.3 is 0 Å². The van der Waals surface area contributed by atoms with Gasteiger partial charge in [0.05, 0.1) is 0 Å². The van der Waals surface area contributed by atoms with E-state index in [4.69, 9.17) is 0 Å². The number of fused-ring (bicyclic) bond motifs is 6. The third kappa shape index (κ3) is 6.86. The first-order valence-corrected chi connectivity index (χ1v) is 20.1. The van der Waals surface area contributed by atoms with Gasteiger partial charge in [-0.2, -0.15) is 0 Å². The van der Waals surface area contributed by atoms with Crippen LogP contribution in [0.4, 0.5) is 34.1 Å². The van der Waals surface area contributed by atoms with E-state index in [1.807, 2.05) is 36.4 Å². The molecule has 0 aromatic heterocycles. The lowest BCUT2D eigenvalue weighted by molar-refractivity contribution is 1.23. The van der Waals surface area contributed by atoms with E-state index in [0.29, 0.717) is 0 Å². The zero-order chi connectivity index (χ0) is 38.7. The minimum absolute atomic E-state index is 0.972. The molecule has 11 rings (SSSR count). The van der Waals surface area contributed by atoms with Crippen molar-refractivity contribution < 1.29 is 0 Å². The van der Waals surface area contributed by atoms with Crippen molar-refractivity contribution in [1.82, 2.24) is 0 Å². The largest absolute Gasteiger partial charge is 0.310 e. The Morgan fingerprint density at radius 2 is 0.517 bits per heavy atom. The standard InChI is InChI=1S/C50H36N2.C6H6/c1-3-13-41(14-4-1)51(45-27-29-49-39(33-45)31-37-11-7-9-17-47(37)49)43-23-19-35(20-24-43)36-21-25-44(26-22-36)52(42-15-5-2-6-16-42)46-28-30-50-40(34-46)32-38-12-8-10-18-48(38)50;1-2-4-6-5-3-1/h1-30,33-34H,31-32H2;1-6H. The molecule has 0 amide bonds. The summed E-state index contributed by atoms with van der Waals surface area (Å²) < 4.78 is 0. The van der Waals surface area contributed by atoms with Gasteiger partial charge in [-0.25, -0.2) is 0 Å². The van der Waals surface area contributed by atoms with Crippen LogP contribution in [0.2, 0.25) is 0 Å². The molecule has 58 heavy (non-hydrogen) atoms. The third-order valence-electron chi connectivity index (χ3n) is 11.4. The fourth-order valence-corrected chi connectivity index (χ4v) is 8.58. The first kappa shape index (κ1) is 35.0. The Morgan fingerprint density at radius 3 is 0.914 bits per heavy atom. The summed E-state index contributed by atoms with van der Waals surface area (Å²) in [5.41, 5.74) is 20.3. The second-order valence-electron chi connectivity index (χ2n) is 14.9. The predicted molar refractivity (Wildman–Crippen MR) is 244 cm³/mol. The second-order valence-corrected chi connectivity index (χ2v) is 14.9. The maximum absolute atomic E-state index is 2.37. The number of para-hydroxylation sites is 2. The highest BCUT2D eigenvalue weighted by atomic mass is 15.1. The molecule has 0 fully saturated rings. The summed E-state index contributed by atoms with van der Waals surface area (Å²) in [7, 11) is 0. The second kappa shape index (κ2) is 15.6. The van der Waals surface area contributed by atoms with E-state index in [-0.39, 0.29) is 0 Å². The molecule has 0 saturated heterocycles. The van der Waals surface area contributed by atoms with Gasteiger partial charge in [0.2, 0.25) is 0 Å². The summed E-state index contributed by atoms with van der Waals surface area (Å²) in [5.74, 6) is 0. The van der Waals surface area contributed by atoms with Gasteiger partial charge in [-0.1, -0.05) is 158 Å². The summed E-state index contributed by atoms with van der Waals surface area (Å²) in [5, 5.41) is 0. The van der Waals surface area contributed by atoms with Crippen LogP contribution in [0.3, 0.4) is 0 Å². The quantitative estimate of drug-likeness (QED) is 0.160. The average molecular weight is 743 g/mol. The first-order valence-electron chi connectivity index (χ1n) is 20.1. The van der Waals surface area contributed by atoms with Crippen LogP contribution in [0.25, 0.3) is 33.4 Å². The molecule has 2 heteroatoms. The Labute approximate surface area is 341 Å². The van der Waals surface area contributed by atoms with Crippen molar-refractivity contribution in [3.8, 4) is 33.4 Å². The summed E-state index contributed by atoms with van der Waals surface area (Å²) in [4.78, 5) is 4.73. The van der Waals surface area contributed by atoms with Gasteiger partial charge in [0.25, 0.3) is 0 Å². The highest BCUT2D eigenvalue weighted by molar-refractivity contribution is 5.86. The van der Waals surface area contributed by atoms with E-state index in [9.17, 15) is 0 Å². The van der Waals surface area contributed by atoms with Crippen molar-refractivity contribution in [2.24, 2.45) is 0 Å². The van der Waals surface area contributed by atoms with Crippen molar-refractivity contribution in [3.63, 3.8) is 0 Å². The molecule has 0 unspecified atom stereocenters. The van der Waals surface area contributed by atoms with Crippen molar-refractivity contribution in [1.29, 1.82) is 0 Å². The number of hydrogen-bond acceptors (Lipinski definition) is 2. The third-order valence-corrected chi connectivity index (χ3v) is 11.4. The smallest absolute Gasteiger partial charge is 0.0464 e. The van der Waals surface area contributed by atoms with E-state index in [0.717, 1.165) is 35.6 Å². The molecule has 9 aromatic carbocycles. The number of rotatable bonds is 7. The maximum atomic E-state index is 2.37. The molecule has 0 aliphatic heterocycles. The number of hydrogen-bond donors (Lipinski definition) is 0. The fourth-order valence-electron chi connectivity index (χ4n) is 8.58. The Kier molecular flexibility index (Phi) is 9.43. The van der Waals surface area contributed by atoms with Crippen LogP contribution in [-0.4, -0.2) is 0 Å². The van der Waals surface area contributed by atoms with E-state index in [1.165, 1.54) is 67.0 Å².